The van der Waals surface area contributed by atoms with Crippen LogP contribution < -0.4 is 14.8 Å². The van der Waals surface area contributed by atoms with Crippen molar-refractivity contribution in [2.45, 2.75) is 0 Å². The topological polar surface area (TPSA) is 48.3 Å². The van der Waals surface area contributed by atoms with Crippen molar-refractivity contribution in [2.24, 2.45) is 0 Å². The lowest BCUT2D eigenvalue weighted by Gasteiger charge is -2.17. The minimum Gasteiger partial charge on any atom is -0.439 e. The van der Waals surface area contributed by atoms with E-state index in [1.54, 1.807) is 0 Å². The molecule has 8 rings (SSSR count). The van der Waals surface area contributed by atoms with Gasteiger partial charge in [-0.05, 0) is 48.0 Å². The number of benzene rings is 5. The summed E-state index contributed by atoms with van der Waals surface area (Å²) in [5, 5.41) is 6.06. The molecule has 0 saturated heterocycles. The fourth-order valence-corrected chi connectivity index (χ4v) is 5.60. The van der Waals surface area contributed by atoms with E-state index in [2.05, 4.69) is 106 Å². The number of rotatable bonds is 5. The van der Waals surface area contributed by atoms with Gasteiger partial charge in [-0.15, -0.1) is 0 Å². The number of fused-ring (bicyclic) bond motifs is 5. The Balaban J connectivity index is 1.24. The molecule has 1 aliphatic rings. The molecular weight excluding hydrogens is 518 g/mol. The molecule has 5 heteroatoms. The Labute approximate surface area is 242 Å². The average Bonchev–Trinajstić information content (AvgIpc) is 3.21. The smallest absolute Gasteiger partial charge is 0.222 e. The monoisotopic (exact) mass is 543 g/mol. The molecule has 0 fully saturated rings. The van der Waals surface area contributed by atoms with Crippen LogP contribution in [-0.2, 0) is 0 Å². The van der Waals surface area contributed by atoms with Crippen molar-refractivity contribution >= 4 is 45.3 Å². The predicted molar refractivity (Wildman–Crippen MR) is 170 cm³/mol. The third-order valence-corrected chi connectivity index (χ3v) is 7.51. The highest BCUT2D eigenvalue weighted by Crippen LogP contribution is 2.40. The zero-order valence-corrected chi connectivity index (χ0v) is 22.6. The van der Waals surface area contributed by atoms with E-state index in [1.165, 1.54) is 5.39 Å². The predicted octanol–water partition coefficient (Wildman–Crippen LogP) is 9.99. The highest BCUT2D eigenvalue weighted by atomic mass is 16.5. The zero-order valence-electron chi connectivity index (χ0n) is 22.6. The van der Waals surface area contributed by atoms with Crippen LogP contribution in [0.1, 0.15) is 11.1 Å². The largest absolute Gasteiger partial charge is 0.439 e. The molecule has 2 aromatic heterocycles. The Bertz CT molecular complexity index is 2130. The number of nitrogens with zero attached hydrogens (tertiary/aromatic N) is 2. The summed E-state index contributed by atoms with van der Waals surface area (Å²) in [5.41, 5.74) is 7.65. The normalized spacial score (nSPS) is 11.9. The minimum absolute atomic E-state index is 0.461. The number of anilines is 2. The van der Waals surface area contributed by atoms with Gasteiger partial charge in [-0.2, -0.15) is 4.98 Å². The Hall–Kier alpha value is -5.81. The summed E-state index contributed by atoms with van der Waals surface area (Å²) >= 11 is 0. The molecule has 0 radical (unpaired) electrons. The standard InChI is InChI=1S/C37H25N3O2/c1-2-12-27(13-3-1)41-35-18-9-19-36(39-35)42-28-22-23-30-29-14-5-7-16-32(29)40(34(30)24-28)33-17-8-11-26-21-20-25-10-4-6-15-31(25)38-37(26)33/h1-24,38H. The molecule has 5 nitrogen and oxygen atoms in total. The van der Waals surface area contributed by atoms with Gasteiger partial charge in [-0.3, -0.25) is 0 Å². The Morgan fingerprint density at radius 2 is 1.21 bits per heavy atom. The van der Waals surface area contributed by atoms with Gasteiger partial charge in [0.05, 0.1) is 22.4 Å². The van der Waals surface area contributed by atoms with Gasteiger partial charge in [0.1, 0.15) is 11.5 Å². The van der Waals surface area contributed by atoms with Crippen LogP contribution in [0.3, 0.4) is 0 Å². The summed E-state index contributed by atoms with van der Waals surface area (Å²) in [5.74, 6) is 2.35. The lowest BCUT2D eigenvalue weighted by Crippen LogP contribution is -2.02. The second-order valence-electron chi connectivity index (χ2n) is 10.1. The van der Waals surface area contributed by atoms with Gasteiger partial charge in [0.25, 0.3) is 0 Å². The minimum atomic E-state index is 0.461. The summed E-state index contributed by atoms with van der Waals surface area (Å²) in [4.78, 5) is 4.59. The van der Waals surface area contributed by atoms with Crippen LogP contribution in [-0.4, -0.2) is 9.55 Å². The number of hydrogen-bond donors (Lipinski definition) is 1. The fourth-order valence-electron chi connectivity index (χ4n) is 5.60. The van der Waals surface area contributed by atoms with Crippen molar-refractivity contribution in [3.63, 3.8) is 0 Å². The number of hydrogen-bond acceptors (Lipinski definition) is 4. The van der Waals surface area contributed by atoms with E-state index < -0.39 is 0 Å². The SMILES string of the molecule is C1=Cc2cccc(-n3c4ccccc4c4ccc(Oc5cccc(Oc6ccccc6)n5)cc43)c2Nc2ccccc21. The first kappa shape index (κ1) is 24.0. The van der Waals surface area contributed by atoms with Gasteiger partial charge in [0.15, 0.2) is 0 Å². The van der Waals surface area contributed by atoms with E-state index in [0.29, 0.717) is 17.5 Å². The molecule has 200 valence electrons. The summed E-state index contributed by atoms with van der Waals surface area (Å²) in [6.45, 7) is 0. The van der Waals surface area contributed by atoms with Crippen LogP contribution in [0.2, 0.25) is 0 Å². The first-order valence-electron chi connectivity index (χ1n) is 13.9. The summed E-state index contributed by atoms with van der Waals surface area (Å²) < 4.78 is 14.5. The van der Waals surface area contributed by atoms with Crippen molar-refractivity contribution in [1.82, 2.24) is 9.55 Å². The summed E-state index contributed by atoms with van der Waals surface area (Å²) in [7, 11) is 0. The van der Waals surface area contributed by atoms with Gasteiger partial charge in [0, 0.05) is 40.2 Å². The molecule has 3 heterocycles. The van der Waals surface area contributed by atoms with E-state index >= 15 is 0 Å². The van der Waals surface area contributed by atoms with E-state index in [-0.39, 0.29) is 0 Å². The second kappa shape index (κ2) is 9.98. The summed E-state index contributed by atoms with van der Waals surface area (Å²) in [6, 6.07) is 44.7. The third-order valence-electron chi connectivity index (χ3n) is 7.51. The van der Waals surface area contributed by atoms with Crippen molar-refractivity contribution in [1.29, 1.82) is 0 Å². The van der Waals surface area contributed by atoms with Crippen LogP contribution in [0.15, 0.2) is 133 Å². The molecular formula is C37H25N3O2. The lowest BCUT2D eigenvalue weighted by atomic mass is 10.1. The second-order valence-corrected chi connectivity index (χ2v) is 10.1. The maximum absolute atomic E-state index is 6.30. The molecule has 0 saturated carbocycles. The lowest BCUT2D eigenvalue weighted by molar-refractivity contribution is 0.426. The van der Waals surface area contributed by atoms with Crippen LogP contribution >= 0.6 is 0 Å². The summed E-state index contributed by atoms with van der Waals surface area (Å²) in [6.07, 6.45) is 4.34. The molecule has 1 N–H and O–H groups in total. The van der Waals surface area contributed by atoms with Crippen molar-refractivity contribution in [3.05, 3.63) is 145 Å². The first-order valence-corrected chi connectivity index (χ1v) is 13.9. The molecule has 0 amide bonds. The fraction of sp³-hybridized carbons (Fsp3) is 0. The number of aromatic nitrogens is 2. The molecule has 1 aliphatic heterocycles. The molecule has 0 spiro atoms. The molecule has 42 heavy (non-hydrogen) atoms. The number of nitrogens with one attached hydrogen (secondary N) is 1. The first-order chi connectivity index (χ1) is 20.8. The van der Waals surface area contributed by atoms with E-state index in [1.807, 2.05) is 54.6 Å². The van der Waals surface area contributed by atoms with Crippen LogP contribution in [0.5, 0.6) is 23.3 Å². The third kappa shape index (κ3) is 4.25. The zero-order chi connectivity index (χ0) is 27.9. The molecule has 0 atom stereocenters. The number of para-hydroxylation sites is 4. The maximum Gasteiger partial charge on any atom is 0.222 e. The van der Waals surface area contributed by atoms with Crippen molar-refractivity contribution < 1.29 is 9.47 Å². The van der Waals surface area contributed by atoms with E-state index in [4.69, 9.17) is 9.47 Å². The average molecular weight is 544 g/mol. The van der Waals surface area contributed by atoms with Crippen LogP contribution in [0.25, 0.3) is 39.6 Å². The highest BCUT2D eigenvalue weighted by Gasteiger charge is 2.19. The molecule has 0 aliphatic carbocycles. The van der Waals surface area contributed by atoms with Gasteiger partial charge < -0.3 is 19.4 Å². The Kier molecular flexibility index (Phi) is 5.71. The maximum atomic E-state index is 6.30. The van der Waals surface area contributed by atoms with Gasteiger partial charge >= 0.3 is 0 Å². The van der Waals surface area contributed by atoms with Crippen LogP contribution in [0, 0.1) is 0 Å². The Morgan fingerprint density at radius 3 is 2.12 bits per heavy atom. The van der Waals surface area contributed by atoms with Gasteiger partial charge in [-0.1, -0.05) is 84.9 Å². The van der Waals surface area contributed by atoms with Gasteiger partial charge in [-0.25, -0.2) is 0 Å². The Morgan fingerprint density at radius 1 is 0.524 bits per heavy atom. The van der Waals surface area contributed by atoms with Crippen molar-refractivity contribution in [2.75, 3.05) is 5.32 Å². The van der Waals surface area contributed by atoms with Gasteiger partial charge in [0.2, 0.25) is 11.8 Å². The number of ether oxygens (including phenoxy) is 2. The quantitative estimate of drug-likeness (QED) is 0.235. The van der Waals surface area contributed by atoms with E-state index in [9.17, 15) is 0 Å². The molecule has 0 bridgehead atoms. The van der Waals surface area contributed by atoms with E-state index in [0.717, 1.165) is 50.4 Å². The molecule has 5 aromatic carbocycles. The highest BCUT2D eigenvalue weighted by molar-refractivity contribution is 6.10. The molecule has 0 unspecified atom stereocenters. The van der Waals surface area contributed by atoms with Crippen molar-refractivity contribution in [3.8, 4) is 28.9 Å². The molecule has 7 aromatic rings. The van der Waals surface area contributed by atoms with Crippen LogP contribution in [0.4, 0.5) is 11.4 Å². The number of pyridine rings is 1.